The second kappa shape index (κ2) is 28.7. The van der Waals surface area contributed by atoms with Gasteiger partial charge in [0, 0.05) is 6.42 Å². The molecule has 0 fully saturated rings. The predicted octanol–water partition coefficient (Wildman–Crippen LogP) is 10.4. The lowest BCUT2D eigenvalue weighted by atomic mass is 10.0. The Hall–Kier alpha value is -0.830. The Bertz CT molecular complexity index is 474. The summed E-state index contributed by atoms with van der Waals surface area (Å²) in [6, 6.07) is 0. The van der Waals surface area contributed by atoms with Gasteiger partial charge in [-0.2, -0.15) is 0 Å². The lowest BCUT2D eigenvalue weighted by Gasteiger charge is -2.18. The normalized spacial score (nSPS) is 12.6. The molecule has 214 valence electrons. The maximum Gasteiger partial charge on any atom is 0.306 e. The molecule has 36 heavy (non-hydrogen) atoms. The highest BCUT2D eigenvalue weighted by molar-refractivity contribution is 5.69. The number of hydrogen-bond donors (Lipinski definition) is 0. The molecule has 0 saturated carbocycles. The molecule has 0 aliphatic rings. The van der Waals surface area contributed by atoms with Crippen LogP contribution in [0.4, 0.5) is 0 Å². The summed E-state index contributed by atoms with van der Waals surface area (Å²) in [6.07, 6.45) is 35.0. The van der Waals surface area contributed by atoms with E-state index < -0.39 is 0 Å². The van der Waals surface area contributed by atoms with Crippen LogP contribution in [0.3, 0.4) is 0 Å². The van der Waals surface area contributed by atoms with E-state index in [4.69, 9.17) is 4.74 Å². The van der Waals surface area contributed by atoms with Gasteiger partial charge in [0.25, 0.3) is 0 Å². The van der Waals surface area contributed by atoms with Gasteiger partial charge >= 0.3 is 5.97 Å². The maximum atomic E-state index is 12.4. The van der Waals surface area contributed by atoms with Gasteiger partial charge in [-0.25, -0.2) is 0 Å². The van der Waals surface area contributed by atoms with Gasteiger partial charge in [-0.1, -0.05) is 116 Å². The van der Waals surface area contributed by atoms with Crippen LogP contribution in [0.25, 0.3) is 0 Å². The molecule has 0 N–H and O–H groups in total. The fourth-order valence-electron chi connectivity index (χ4n) is 4.82. The summed E-state index contributed by atoms with van der Waals surface area (Å²) in [5, 5.41) is 0. The molecule has 0 aromatic heterocycles. The Labute approximate surface area is 227 Å². The molecule has 0 saturated heterocycles. The summed E-state index contributed by atoms with van der Waals surface area (Å²) in [7, 11) is 4.11. The molecule has 3 nitrogen and oxygen atoms in total. The summed E-state index contributed by atoms with van der Waals surface area (Å²) < 4.78 is 5.93. The third-order valence-electron chi connectivity index (χ3n) is 7.20. The number of rotatable bonds is 28. The average molecular weight is 508 g/mol. The van der Waals surface area contributed by atoms with Crippen molar-refractivity contribution in [2.75, 3.05) is 20.6 Å². The van der Waals surface area contributed by atoms with Crippen molar-refractivity contribution < 1.29 is 9.53 Å². The third-order valence-corrected chi connectivity index (χ3v) is 7.20. The maximum absolute atomic E-state index is 12.4. The van der Waals surface area contributed by atoms with Crippen LogP contribution < -0.4 is 0 Å². The summed E-state index contributed by atoms with van der Waals surface area (Å²) in [5.74, 6) is 0.0116. The first kappa shape index (κ1) is 35.2. The summed E-state index contributed by atoms with van der Waals surface area (Å²) >= 11 is 0. The molecule has 0 radical (unpaired) electrons. The van der Waals surface area contributed by atoms with Crippen LogP contribution in [0.5, 0.6) is 0 Å². The number of unbranched alkanes of at least 4 members (excludes halogenated alkanes) is 17. The zero-order valence-electron chi connectivity index (χ0n) is 25.2. The van der Waals surface area contributed by atoms with Crippen molar-refractivity contribution >= 4 is 5.97 Å². The van der Waals surface area contributed by atoms with Gasteiger partial charge in [-0.05, 0) is 78.4 Å². The molecule has 0 aliphatic carbocycles. The lowest BCUT2D eigenvalue weighted by Crippen LogP contribution is -2.20. The van der Waals surface area contributed by atoms with Gasteiger partial charge in [0.1, 0.15) is 6.10 Å². The molecule has 0 aromatic rings. The topological polar surface area (TPSA) is 29.5 Å². The molecule has 0 rings (SSSR count). The molecule has 1 unspecified atom stereocenters. The number of carbonyl (C=O) groups is 1. The van der Waals surface area contributed by atoms with Crippen molar-refractivity contribution in [2.24, 2.45) is 0 Å². The van der Waals surface area contributed by atoms with Crippen molar-refractivity contribution in [3.8, 4) is 0 Å². The molecule has 1 atom stereocenters. The lowest BCUT2D eigenvalue weighted by molar-refractivity contribution is -0.150. The quantitative estimate of drug-likeness (QED) is 0.0599. The van der Waals surface area contributed by atoms with E-state index in [1.807, 2.05) is 0 Å². The van der Waals surface area contributed by atoms with Crippen LogP contribution in [0, 0.1) is 0 Å². The highest BCUT2D eigenvalue weighted by atomic mass is 16.5. The van der Waals surface area contributed by atoms with E-state index in [1.54, 1.807) is 0 Å². The Kier molecular flexibility index (Phi) is 28.1. The van der Waals surface area contributed by atoms with Crippen molar-refractivity contribution in [2.45, 2.75) is 174 Å². The first-order chi connectivity index (χ1) is 17.6. The van der Waals surface area contributed by atoms with Crippen LogP contribution in [0.2, 0.25) is 0 Å². The van der Waals surface area contributed by atoms with E-state index in [2.05, 4.69) is 45.0 Å². The van der Waals surface area contributed by atoms with Gasteiger partial charge in [-0.15, -0.1) is 0 Å². The van der Waals surface area contributed by atoms with E-state index in [0.717, 1.165) is 25.8 Å². The van der Waals surface area contributed by atoms with Crippen molar-refractivity contribution in [3.63, 3.8) is 0 Å². The predicted molar refractivity (Wildman–Crippen MR) is 160 cm³/mol. The number of hydrogen-bond acceptors (Lipinski definition) is 3. The fraction of sp³-hybridized carbons (Fsp3) is 0.909. The number of ether oxygens (including phenoxy) is 1. The van der Waals surface area contributed by atoms with Crippen LogP contribution in [0.1, 0.15) is 168 Å². The minimum atomic E-state index is 0.0116. The second-order valence-electron chi connectivity index (χ2n) is 11.3. The van der Waals surface area contributed by atoms with Gasteiger partial charge in [0.05, 0.1) is 0 Å². The van der Waals surface area contributed by atoms with Crippen molar-refractivity contribution in [3.05, 3.63) is 12.2 Å². The van der Waals surface area contributed by atoms with Gasteiger partial charge in [-0.3, -0.25) is 4.79 Å². The van der Waals surface area contributed by atoms with Crippen LogP contribution in [-0.2, 0) is 9.53 Å². The molecule has 0 aromatic carbocycles. The molecule has 0 spiro atoms. The van der Waals surface area contributed by atoms with Gasteiger partial charge in [0.15, 0.2) is 0 Å². The number of allylic oxidation sites excluding steroid dienone is 2. The largest absolute Gasteiger partial charge is 0.462 e. The molecule has 0 heterocycles. The third kappa shape index (κ3) is 27.8. The summed E-state index contributed by atoms with van der Waals surface area (Å²) in [5.41, 5.74) is 0. The fourth-order valence-corrected chi connectivity index (χ4v) is 4.82. The summed E-state index contributed by atoms with van der Waals surface area (Å²) in [6.45, 7) is 5.50. The van der Waals surface area contributed by atoms with Crippen LogP contribution in [-0.4, -0.2) is 37.6 Å². The Morgan fingerprint density at radius 3 is 1.47 bits per heavy atom. The molecule has 0 aliphatic heterocycles. The van der Waals surface area contributed by atoms with Gasteiger partial charge in [0.2, 0.25) is 0 Å². The number of esters is 1. The van der Waals surface area contributed by atoms with E-state index >= 15 is 0 Å². The van der Waals surface area contributed by atoms with E-state index in [-0.39, 0.29) is 12.1 Å². The van der Waals surface area contributed by atoms with Gasteiger partial charge < -0.3 is 9.64 Å². The standard InChI is InChI=1S/C33H65NO2/c1-5-7-9-11-13-14-15-16-17-18-19-20-22-24-26-29-32(28-25-23-21-12-10-8-6-2)36-33(35)30-27-31-34(3)4/h16-17,32H,5-15,18-31H2,1-4H3/b17-16-. The average Bonchev–Trinajstić information content (AvgIpc) is 2.85. The number of carbonyl (C=O) groups excluding carboxylic acids is 1. The summed E-state index contributed by atoms with van der Waals surface area (Å²) in [4.78, 5) is 14.5. The molecule has 0 amide bonds. The van der Waals surface area contributed by atoms with Crippen molar-refractivity contribution in [1.82, 2.24) is 4.90 Å². The highest BCUT2D eigenvalue weighted by Crippen LogP contribution is 2.18. The Morgan fingerprint density at radius 2 is 1.03 bits per heavy atom. The molecular formula is C33H65NO2. The van der Waals surface area contributed by atoms with Crippen molar-refractivity contribution in [1.29, 1.82) is 0 Å². The van der Waals surface area contributed by atoms with Crippen LogP contribution in [0.15, 0.2) is 12.2 Å². The smallest absolute Gasteiger partial charge is 0.306 e. The Balaban J connectivity index is 3.92. The minimum absolute atomic E-state index is 0.0116. The van der Waals surface area contributed by atoms with E-state index in [0.29, 0.717) is 6.42 Å². The van der Waals surface area contributed by atoms with Crippen LogP contribution >= 0.6 is 0 Å². The Morgan fingerprint density at radius 1 is 0.611 bits per heavy atom. The monoisotopic (exact) mass is 508 g/mol. The first-order valence-corrected chi connectivity index (χ1v) is 16.1. The van der Waals surface area contributed by atoms with E-state index in [1.165, 1.54) is 128 Å². The molecular weight excluding hydrogens is 442 g/mol. The SMILES string of the molecule is CCCCCCCC/C=C\CCCCCCCC(CCCCCCCCC)OC(=O)CCCN(C)C. The highest BCUT2D eigenvalue weighted by Gasteiger charge is 2.14. The minimum Gasteiger partial charge on any atom is -0.462 e. The first-order valence-electron chi connectivity index (χ1n) is 16.1. The zero-order valence-corrected chi connectivity index (χ0v) is 25.2. The number of nitrogens with zero attached hydrogens (tertiary/aromatic N) is 1. The van der Waals surface area contributed by atoms with E-state index in [9.17, 15) is 4.79 Å². The molecule has 3 heteroatoms. The molecule has 0 bridgehead atoms. The second-order valence-corrected chi connectivity index (χ2v) is 11.3. The zero-order chi connectivity index (χ0) is 26.5.